The van der Waals surface area contributed by atoms with Crippen molar-refractivity contribution in [3.63, 3.8) is 0 Å². The average molecular weight is 511 g/mol. The number of imidazole rings is 1. The summed E-state index contributed by atoms with van der Waals surface area (Å²) in [5, 5.41) is 0. The average Bonchev–Trinajstić information content (AvgIpc) is 3.33. The van der Waals surface area contributed by atoms with Gasteiger partial charge < -0.3 is 10.6 Å². The van der Waals surface area contributed by atoms with Crippen molar-refractivity contribution in [1.82, 2.24) is 18.7 Å². The van der Waals surface area contributed by atoms with Crippen LogP contribution in [-0.4, -0.2) is 43.6 Å². The fourth-order valence-corrected chi connectivity index (χ4v) is 4.98. The Bertz CT molecular complexity index is 1690. The zero-order chi connectivity index (χ0) is 26.8. The minimum atomic E-state index is -0.594. The molecule has 0 amide bonds. The Morgan fingerprint density at radius 1 is 1.08 bits per heavy atom. The van der Waals surface area contributed by atoms with Gasteiger partial charge in [-0.1, -0.05) is 54.5 Å². The van der Waals surface area contributed by atoms with Gasteiger partial charge in [0.1, 0.15) is 0 Å². The second kappa shape index (κ2) is 10.5. The molecule has 1 aliphatic heterocycles. The topological polar surface area (TPSA) is 108 Å². The summed E-state index contributed by atoms with van der Waals surface area (Å²) in [7, 11) is 1.57. The van der Waals surface area contributed by atoms with Crippen molar-refractivity contribution < 1.29 is 4.79 Å². The van der Waals surface area contributed by atoms with E-state index in [4.69, 9.17) is 10.7 Å². The van der Waals surface area contributed by atoms with Gasteiger partial charge in [0.05, 0.1) is 13.1 Å². The molecule has 0 saturated carbocycles. The van der Waals surface area contributed by atoms with E-state index in [0.717, 1.165) is 35.1 Å². The molecule has 2 aromatic carbocycles. The van der Waals surface area contributed by atoms with E-state index in [0.29, 0.717) is 18.1 Å². The molecule has 1 aliphatic rings. The van der Waals surface area contributed by atoms with E-state index < -0.39 is 11.2 Å². The SMILES string of the molecule is CC#CCn1c(N2CCCC(N)C2)nc2c1c(=O)n(CC(=O)c1cccc(-c3ccccc3)c1)c(=O)n2C. The van der Waals surface area contributed by atoms with Crippen LogP contribution in [0.5, 0.6) is 0 Å². The lowest BCUT2D eigenvalue weighted by atomic mass is 10.0. The van der Waals surface area contributed by atoms with Crippen LogP contribution >= 0.6 is 0 Å². The third-order valence-electron chi connectivity index (χ3n) is 6.96. The molecule has 4 aromatic rings. The minimum Gasteiger partial charge on any atom is -0.341 e. The maximum absolute atomic E-state index is 13.7. The van der Waals surface area contributed by atoms with Crippen LogP contribution in [0, 0.1) is 11.8 Å². The first kappa shape index (κ1) is 25.2. The number of hydrogen-bond donors (Lipinski definition) is 1. The number of benzene rings is 2. The second-order valence-electron chi connectivity index (χ2n) is 9.55. The Hall–Kier alpha value is -4.42. The number of carbonyl (C=O) groups is 1. The van der Waals surface area contributed by atoms with Crippen molar-refractivity contribution in [2.45, 2.75) is 38.9 Å². The molecular weight excluding hydrogens is 480 g/mol. The first-order valence-electron chi connectivity index (χ1n) is 12.7. The van der Waals surface area contributed by atoms with Crippen LogP contribution in [0.15, 0.2) is 64.2 Å². The van der Waals surface area contributed by atoms with Gasteiger partial charge in [-0.15, -0.1) is 5.92 Å². The molecule has 1 atom stereocenters. The Labute approximate surface area is 220 Å². The van der Waals surface area contributed by atoms with E-state index >= 15 is 0 Å². The van der Waals surface area contributed by atoms with Crippen molar-refractivity contribution in [3.8, 4) is 23.0 Å². The van der Waals surface area contributed by atoms with Crippen LogP contribution in [-0.2, 0) is 20.1 Å². The molecule has 0 radical (unpaired) electrons. The number of piperidine rings is 1. The summed E-state index contributed by atoms with van der Waals surface area (Å²) in [4.78, 5) is 47.1. The van der Waals surface area contributed by atoms with Gasteiger partial charge in [-0.3, -0.25) is 23.3 Å². The highest BCUT2D eigenvalue weighted by Gasteiger charge is 2.26. The molecule has 0 aliphatic carbocycles. The van der Waals surface area contributed by atoms with E-state index in [1.165, 1.54) is 4.57 Å². The van der Waals surface area contributed by atoms with Crippen LogP contribution < -0.4 is 21.9 Å². The van der Waals surface area contributed by atoms with Crippen LogP contribution in [0.3, 0.4) is 0 Å². The monoisotopic (exact) mass is 510 g/mol. The van der Waals surface area contributed by atoms with E-state index in [9.17, 15) is 14.4 Å². The zero-order valence-electron chi connectivity index (χ0n) is 21.6. The van der Waals surface area contributed by atoms with E-state index in [-0.39, 0.29) is 36.1 Å². The van der Waals surface area contributed by atoms with Gasteiger partial charge in [0.2, 0.25) is 5.95 Å². The van der Waals surface area contributed by atoms with Crippen LogP contribution in [0.2, 0.25) is 0 Å². The first-order valence-corrected chi connectivity index (χ1v) is 12.7. The molecule has 5 rings (SSSR count). The third kappa shape index (κ3) is 4.66. The number of aromatic nitrogens is 4. The van der Waals surface area contributed by atoms with Crippen LogP contribution in [0.1, 0.15) is 30.1 Å². The predicted octanol–water partition coefficient (Wildman–Crippen LogP) is 2.40. The van der Waals surface area contributed by atoms with Crippen molar-refractivity contribution in [2.24, 2.45) is 12.8 Å². The zero-order valence-corrected chi connectivity index (χ0v) is 21.6. The molecule has 0 bridgehead atoms. The smallest absolute Gasteiger partial charge is 0.332 e. The molecule has 9 nitrogen and oxygen atoms in total. The number of fused-ring (bicyclic) bond motifs is 1. The van der Waals surface area contributed by atoms with E-state index in [2.05, 4.69) is 11.8 Å². The van der Waals surface area contributed by atoms with Crippen molar-refractivity contribution in [2.75, 3.05) is 18.0 Å². The molecule has 2 aromatic heterocycles. The summed E-state index contributed by atoms with van der Waals surface area (Å²) in [6.45, 7) is 2.92. The highest BCUT2D eigenvalue weighted by Crippen LogP contribution is 2.23. The standard InChI is InChI=1S/C29H30N6O3/c1-3-4-16-34-25-26(31-28(34)33-15-9-14-23(30)18-33)32(2)29(38)35(27(25)37)19-24(36)22-13-8-12-21(17-22)20-10-6-5-7-11-20/h5-8,10-13,17,23H,9,14-16,18-19,30H2,1-2H3. The lowest BCUT2D eigenvalue weighted by Gasteiger charge is -2.31. The molecule has 1 fully saturated rings. The van der Waals surface area contributed by atoms with Gasteiger partial charge >= 0.3 is 5.69 Å². The summed E-state index contributed by atoms with van der Waals surface area (Å²) in [5.41, 5.74) is 7.84. The number of carbonyl (C=O) groups excluding carboxylic acids is 1. The minimum absolute atomic E-state index is 0.000907. The number of rotatable bonds is 6. The number of anilines is 1. The Kier molecular flexibility index (Phi) is 6.99. The molecule has 1 saturated heterocycles. The summed E-state index contributed by atoms with van der Waals surface area (Å²) in [6.07, 6.45) is 1.83. The van der Waals surface area contributed by atoms with E-state index in [1.807, 2.05) is 41.3 Å². The Morgan fingerprint density at radius 2 is 1.84 bits per heavy atom. The largest absolute Gasteiger partial charge is 0.341 e. The summed E-state index contributed by atoms with van der Waals surface area (Å²) in [5.74, 6) is 6.11. The van der Waals surface area contributed by atoms with Crippen molar-refractivity contribution >= 4 is 22.9 Å². The van der Waals surface area contributed by atoms with Gasteiger partial charge in [-0.05, 0) is 37.0 Å². The number of Topliss-reactive ketones (excluding diaryl/α,β-unsaturated/α-hetero) is 1. The van der Waals surface area contributed by atoms with Gasteiger partial charge in [-0.2, -0.15) is 4.98 Å². The quantitative estimate of drug-likeness (QED) is 0.315. The van der Waals surface area contributed by atoms with Crippen molar-refractivity contribution in [3.05, 3.63) is 81.0 Å². The summed E-state index contributed by atoms with van der Waals surface area (Å²) in [6, 6.07) is 16.9. The molecular formula is C29H30N6O3. The third-order valence-corrected chi connectivity index (χ3v) is 6.96. The van der Waals surface area contributed by atoms with Crippen LogP contribution in [0.25, 0.3) is 22.3 Å². The van der Waals surface area contributed by atoms with Gasteiger partial charge in [0, 0.05) is 31.7 Å². The van der Waals surface area contributed by atoms with Crippen molar-refractivity contribution in [1.29, 1.82) is 0 Å². The predicted molar refractivity (Wildman–Crippen MR) is 148 cm³/mol. The molecule has 3 heterocycles. The Balaban J connectivity index is 1.58. The molecule has 1 unspecified atom stereocenters. The summed E-state index contributed by atoms with van der Waals surface area (Å²) < 4.78 is 4.05. The molecule has 0 spiro atoms. The normalized spacial score (nSPS) is 15.3. The molecule has 9 heteroatoms. The fourth-order valence-electron chi connectivity index (χ4n) is 4.98. The van der Waals surface area contributed by atoms with Gasteiger partial charge in [0.25, 0.3) is 5.56 Å². The summed E-state index contributed by atoms with van der Waals surface area (Å²) >= 11 is 0. The molecule has 38 heavy (non-hydrogen) atoms. The number of aryl methyl sites for hydroxylation is 1. The Morgan fingerprint density at radius 3 is 2.58 bits per heavy atom. The van der Waals surface area contributed by atoms with Gasteiger partial charge in [0.15, 0.2) is 16.9 Å². The number of nitrogens with zero attached hydrogens (tertiary/aromatic N) is 5. The number of nitrogens with two attached hydrogens (primary N) is 1. The van der Waals surface area contributed by atoms with Gasteiger partial charge in [-0.25, -0.2) is 4.79 Å². The maximum atomic E-state index is 13.7. The number of hydrogen-bond acceptors (Lipinski definition) is 6. The highest BCUT2D eigenvalue weighted by molar-refractivity contribution is 5.97. The lowest BCUT2D eigenvalue weighted by molar-refractivity contribution is 0.0969. The maximum Gasteiger partial charge on any atom is 0.332 e. The molecule has 2 N–H and O–H groups in total. The highest BCUT2D eigenvalue weighted by atomic mass is 16.2. The van der Waals surface area contributed by atoms with Crippen LogP contribution in [0.4, 0.5) is 5.95 Å². The second-order valence-corrected chi connectivity index (χ2v) is 9.55. The molecule has 194 valence electrons. The lowest BCUT2D eigenvalue weighted by Crippen LogP contribution is -2.44. The number of ketones is 1. The fraction of sp³-hybridized carbons (Fsp3) is 0.310. The first-order chi connectivity index (χ1) is 18.4. The van der Waals surface area contributed by atoms with E-state index in [1.54, 1.807) is 36.7 Å².